The van der Waals surface area contributed by atoms with E-state index in [2.05, 4.69) is 15.5 Å². The van der Waals surface area contributed by atoms with Crippen molar-refractivity contribution in [2.45, 2.75) is 0 Å². The molecular weight excluding hydrogens is 278 g/mol. The number of anilines is 1. The largest absolute Gasteiger partial charge is 0.383 e. The Hall–Kier alpha value is -1.14. The van der Waals surface area contributed by atoms with E-state index < -0.39 is 0 Å². The molecule has 0 saturated heterocycles. The number of carbonyl (C=O) groups excluding carboxylic acids is 1. The van der Waals surface area contributed by atoms with Crippen LogP contribution in [0.15, 0.2) is 24.3 Å². The fraction of sp³-hybridized carbons (Fsp3) is 0.500. The third kappa shape index (κ3) is 7.45. The van der Waals surface area contributed by atoms with Gasteiger partial charge in [0.15, 0.2) is 0 Å². The summed E-state index contributed by atoms with van der Waals surface area (Å²) in [5.74, 6) is -0.0770. The van der Waals surface area contributed by atoms with Gasteiger partial charge in [-0.15, -0.1) is 0 Å². The number of likely N-dealkylation sites (N-methyl/N-ethyl adjacent to an activating group) is 1. The molecule has 0 heterocycles. The van der Waals surface area contributed by atoms with Crippen molar-refractivity contribution in [3.8, 4) is 0 Å². The molecule has 0 spiro atoms. The van der Waals surface area contributed by atoms with Crippen LogP contribution >= 0.6 is 11.6 Å². The van der Waals surface area contributed by atoms with E-state index in [4.69, 9.17) is 16.3 Å². The third-order valence-electron chi connectivity index (χ3n) is 2.74. The van der Waals surface area contributed by atoms with Crippen molar-refractivity contribution in [1.29, 1.82) is 0 Å². The molecular formula is C14H22ClN3O2. The average Bonchev–Trinajstić information content (AvgIpc) is 2.41. The second-order valence-corrected chi connectivity index (χ2v) is 4.97. The average molecular weight is 300 g/mol. The molecule has 0 aromatic heterocycles. The first-order chi connectivity index (χ1) is 9.61. The lowest BCUT2D eigenvalue weighted by Crippen LogP contribution is -2.35. The van der Waals surface area contributed by atoms with E-state index in [1.807, 2.05) is 13.1 Å². The van der Waals surface area contributed by atoms with Crippen LogP contribution in [-0.2, 0) is 9.53 Å². The van der Waals surface area contributed by atoms with Crippen LogP contribution in [0.25, 0.3) is 0 Å². The lowest BCUT2D eigenvalue weighted by molar-refractivity contribution is -0.115. The van der Waals surface area contributed by atoms with E-state index in [0.29, 0.717) is 17.3 Å². The zero-order chi connectivity index (χ0) is 14.8. The Bertz CT molecular complexity index is 415. The number of hydrogen-bond donors (Lipinski definition) is 2. The molecule has 0 bridgehead atoms. The zero-order valence-corrected chi connectivity index (χ0v) is 12.7. The van der Waals surface area contributed by atoms with Crippen molar-refractivity contribution in [3.05, 3.63) is 29.3 Å². The van der Waals surface area contributed by atoms with Gasteiger partial charge < -0.3 is 20.3 Å². The highest BCUT2D eigenvalue weighted by Gasteiger charge is 2.03. The van der Waals surface area contributed by atoms with Crippen molar-refractivity contribution in [2.24, 2.45) is 0 Å². The van der Waals surface area contributed by atoms with Gasteiger partial charge in [0.2, 0.25) is 5.91 Å². The molecule has 6 heteroatoms. The molecule has 0 aliphatic rings. The molecule has 5 nitrogen and oxygen atoms in total. The number of nitrogens with one attached hydrogen (secondary N) is 2. The number of nitrogens with zero attached hydrogens (tertiary/aromatic N) is 1. The maximum atomic E-state index is 11.7. The highest BCUT2D eigenvalue weighted by molar-refractivity contribution is 6.30. The van der Waals surface area contributed by atoms with Gasteiger partial charge in [0, 0.05) is 37.5 Å². The summed E-state index contributed by atoms with van der Waals surface area (Å²) >= 11 is 5.85. The minimum Gasteiger partial charge on any atom is -0.383 e. The fourth-order valence-electron chi connectivity index (χ4n) is 1.60. The van der Waals surface area contributed by atoms with E-state index >= 15 is 0 Å². The topological polar surface area (TPSA) is 53.6 Å². The number of benzene rings is 1. The summed E-state index contributed by atoms with van der Waals surface area (Å²) < 4.78 is 5.00. The summed E-state index contributed by atoms with van der Waals surface area (Å²) in [6.45, 7) is 3.50. The molecule has 1 rings (SSSR count). The highest BCUT2D eigenvalue weighted by Crippen LogP contribution is 2.14. The van der Waals surface area contributed by atoms with E-state index in [1.54, 1.807) is 25.3 Å². The van der Waals surface area contributed by atoms with Crippen molar-refractivity contribution in [2.75, 3.05) is 52.3 Å². The normalized spacial score (nSPS) is 10.8. The summed E-state index contributed by atoms with van der Waals surface area (Å²) in [5, 5.41) is 6.49. The minimum absolute atomic E-state index is 0.0770. The van der Waals surface area contributed by atoms with Crippen molar-refractivity contribution in [1.82, 2.24) is 10.2 Å². The lowest BCUT2D eigenvalue weighted by Gasteiger charge is -2.16. The number of hydrogen-bond acceptors (Lipinski definition) is 4. The molecule has 1 aromatic rings. The van der Waals surface area contributed by atoms with Gasteiger partial charge in [-0.25, -0.2) is 0 Å². The summed E-state index contributed by atoms with van der Waals surface area (Å²) in [7, 11) is 3.71. The Kier molecular flexibility index (Phi) is 8.22. The van der Waals surface area contributed by atoms with Crippen LogP contribution < -0.4 is 10.6 Å². The quantitative estimate of drug-likeness (QED) is 0.678. The molecule has 20 heavy (non-hydrogen) atoms. The molecule has 0 fully saturated rings. The molecule has 0 aliphatic heterocycles. The molecule has 0 radical (unpaired) electrons. The molecule has 1 amide bonds. The molecule has 112 valence electrons. The fourth-order valence-corrected chi connectivity index (χ4v) is 1.79. The second-order valence-electron chi connectivity index (χ2n) is 4.53. The number of ether oxygens (including phenoxy) is 1. The SMILES string of the molecule is COCCN(C)CCNCC(=O)Nc1cccc(Cl)c1. The van der Waals surface area contributed by atoms with Gasteiger partial charge in [-0.2, -0.15) is 0 Å². The van der Waals surface area contributed by atoms with Gasteiger partial charge in [-0.05, 0) is 25.2 Å². The summed E-state index contributed by atoms with van der Waals surface area (Å²) in [6, 6.07) is 7.10. The van der Waals surface area contributed by atoms with E-state index in [1.165, 1.54) is 0 Å². The Morgan fingerprint density at radius 3 is 2.90 bits per heavy atom. The Morgan fingerprint density at radius 2 is 2.20 bits per heavy atom. The van der Waals surface area contributed by atoms with Crippen LogP contribution in [0.2, 0.25) is 5.02 Å². The molecule has 0 aliphatic carbocycles. The summed E-state index contributed by atoms with van der Waals surface area (Å²) in [5.41, 5.74) is 0.710. The number of carbonyl (C=O) groups is 1. The lowest BCUT2D eigenvalue weighted by atomic mass is 10.3. The number of rotatable bonds is 9. The van der Waals surface area contributed by atoms with Gasteiger partial charge in [-0.1, -0.05) is 17.7 Å². The first kappa shape index (κ1) is 16.9. The van der Waals surface area contributed by atoms with E-state index in [-0.39, 0.29) is 12.5 Å². The van der Waals surface area contributed by atoms with Crippen molar-refractivity contribution >= 4 is 23.2 Å². The highest BCUT2D eigenvalue weighted by atomic mass is 35.5. The zero-order valence-electron chi connectivity index (χ0n) is 12.0. The van der Waals surface area contributed by atoms with Crippen molar-refractivity contribution < 1.29 is 9.53 Å². The predicted molar refractivity (Wildman–Crippen MR) is 82.3 cm³/mol. The summed E-state index contributed by atoms with van der Waals surface area (Å²) in [6.07, 6.45) is 0. The first-order valence-electron chi connectivity index (χ1n) is 6.55. The number of amides is 1. The molecule has 1 aromatic carbocycles. The first-order valence-corrected chi connectivity index (χ1v) is 6.93. The maximum absolute atomic E-state index is 11.7. The van der Waals surface area contributed by atoms with E-state index in [0.717, 1.165) is 19.6 Å². The minimum atomic E-state index is -0.0770. The van der Waals surface area contributed by atoms with Gasteiger partial charge in [-0.3, -0.25) is 4.79 Å². The summed E-state index contributed by atoms with van der Waals surface area (Å²) in [4.78, 5) is 13.8. The second kappa shape index (κ2) is 9.72. The van der Waals surface area contributed by atoms with Crippen LogP contribution in [0.3, 0.4) is 0 Å². The number of methoxy groups -OCH3 is 1. The van der Waals surface area contributed by atoms with Crippen LogP contribution in [0.4, 0.5) is 5.69 Å². The standard InChI is InChI=1S/C14H22ClN3O2/c1-18(8-9-20-2)7-6-16-11-14(19)17-13-5-3-4-12(15)10-13/h3-5,10,16H,6-9,11H2,1-2H3,(H,17,19). The van der Waals surface area contributed by atoms with Crippen LogP contribution in [-0.4, -0.2) is 57.8 Å². The molecule has 0 atom stereocenters. The molecule has 2 N–H and O–H groups in total. The predicted octanol–water partition coefficient (Wildman–Crippen LogP) is 1.45. The van der Waals surface area contributed by atoms with Gasteiger partial charge in [0.05, 0.1) is 13.2 Å². The smallest absolute Gasteiger partial charge is 0.238 e. The monoisotopic (exact) mass is 299 g/mol. The van der Waals surface area contributed by atoms with Crippen molar-refractivity contribution in [3.63, 3.8) is 0 Å². The van der Waals surface area contributed by atoms with Gasteiger partial charge in [0.25, 0.3) is 0 Å². The molecule has 0 saturated carbocycles. The molecule has 0 unspecified atom stereocenters. The van der Waals surface area contributed by atoms with Crippen LogP contribution in [0.1, 0.15) is 0 Å². The third-order valence-corrected chi connectivity index (χ3v) is 2.98. The van der Waals surface area contributed by atoms with Gasteiger partial charge >= 0.3 is 0 Å². The maximum Gasteiger partial charge on any atom is 0.238 e. The Labute approximate surface area is 125 Å². The van der Waals surface area contributed by atoms with Gasteiger partial charge in [0.1, 0.15) is 0 Å². The Morgan fingerprint density at radius 1 is 1.40 bits per heavy atom. The van der Waals surface area contributed by atoms with Crippen LogP contribution in [0.5, 0.6) is 0 Å². The number of halogens is 1. The Balaban J connectivity index is 2.14. The van der Waals surface area contributed by atoms with E-state index in [9.17, 15) is 4.79 Å². The van der Waals surface area contributed by atoms with Crippen LogP contribution in [0, 0.1) is 0 Å².